The molecule has 2 saturated heterocycles. The summed E-state index contributed by atoms with van der Waals surface area (Å²) in [6, 6.07) is 1.63. The molecule has 206 valence electrons. The van der Waals surface area contributed by atoms with E-state index in [0.717, 1.165) is 22.0 Å². The number of cyclic esters (lactones) is 1. The summed E-state index contributed by atoms with van der Waals surface area (Å²) >= 11 is 1.40. The van der Waals surface area contributed by atoms with Crippen LogP contribution in [0.2, 0.25) is 0 Å². The molecule has 3 heterocycles. The van der Waals surface area contributed by atoms with Crippen LogP contribution < -0.4 is 25.9 Å². The third-order valence-electron chi connectivity index (χ3n) is 5.86. The lowest BCUT2D eigenvalue weighted by Gasteiger charge is -2.25. The Labute approximate surface area is 218 Å². The highest BCUT2D eigenvalue weighted by Crippen LogP contribution is 2.31. The Hall–Kier alpha value is -3.66. The Morgan fingerprint density at radius 1 is 1.18 bits per heavy atom. The van der Waals surface area contributed by atoms with Crippen LogP contribution in [0.4, 0.5) is 38.5 Å². The van der Waals surface area contributed by atoms with Crippen LogP contribution in [0.25, 0.3) is 0 Å². The number of benzene rings is 1. The summed E-state index contributed by atoms with van der Waals surface area (Å²) in [6.45, 7) is 0.776. The first-order valence-corrected chi connectivity index (χ1v) is 12.6. The van der Waals surface area contributed by atoms with E-state index in [1.165, 1.54) is 21.2 Å². The number of thiazole rings is 1. The van der Waals surface area contributed by atoms with Crippen LogP contribution in [0.15, 0.2) is 23.7 Å². The number of alkyl halides is 2. The average Bonchev–Trinajstić information content (AvgIpc) is 3.45. The van der Waals surface area contributed by atoms with Gasteiger partial charge in [0.2, 0.25) is 0 Å². The van der Waals surface area contributed by atoms with E-state index in [1.807, 2.05) is 5.32 Å². The summed E-state index contributed by atoms with van der Waals surface area (Å²) in [5.41, 5.74) is 2.57. The first-order valence-electron chi connectivity index (χ1n) is 11.7. The molecule has 1 aromatic carbocycles. The molecule has 0 bridgehead atoms. The summed E-state index contributed by atoms with van der Waals surface area (Å²) in [5, 5.41) is 8.61. The molecule has 4 rings (SSSR count). The standard InChI is InChI=1S/C22H25F4N7O4S/c23-15-9-13(32-12-14(37-22(32)36)1-2-28-20(34)19(25)26)10-16(24)18(15)31-5-3-30-33(7-6-31)21(35)29-11-17-27-4-8-38-17/h4,8-10,14,19,30H,1-3,5-7,11-12H2,(H,28,34)(H,29,35)/t14-/m0/s1. The van der Waals surface area contributed by atoms with E-state index in [1.54, 1.807) is 11.6 Å². The van der Waals surface area contributed by atoms with Crippen LogP contribution in [-0.2, 0) is 16.1 Å². The number of urea groups is 1. The minimum atomic E-state index is -3.16. The van der Waals surface area contributed by atoms with Crippen molar-refractivity contribution in [3.63, 3.8) is 0 Å². The van der Waals surface area contributed by atoms with Gasteiger partial charge in [-0.2, -0.15) is 8.78 Å². The van der Waals surface area contributed by atoms with Crippen molar-refractivity contribution in [2.45, 2.75) is 25.5 Å². The van der Waals surface area contributed by atoms with Gasteiger partial charge in [0.15, 0.2) is 11.6 Å². The van der Waals surface area contributed by atoms with Gasteiger partial charge in [0.25, 0.3) is 5.91 Å². The first kappa shape index (κ1) is 27.4. The monoisotopic (exact) mass is 559 g/mol. The Morgan fingerprint density at radius 2 is 1.95 bits per heavy atom. The van der Waals surface area contributed by atoms with Crippen molar-refractivity contribution in [3.8, 4) is 0 Å². The fourth-order valence-electron chi connectivity index (χ4n) is 4.04. The molecule has 2 aliphatic heterocycles. The average molecular weight is 560 g/mol. The zero-order chi connectivity index (χ0) is 27.2. The number of ether oxygens (including phenoxy) is 1. The third-order valence-corrected chi connectivity index (χ3v) is 6.64. The summed E-state index contributed by atoms with van der Waals surface area (Å²) in [7, 11) is 0. The van der Waals surface area contributed by atoms with Crippen LogP contribution in [0.5, 0.6) is 0 Å². The van der Waals surface area contributed by atoms with Crippen molar-refractivity contribution in [2.75, 3.05) is 49.1 Å². The van der Waals surface area contributed by atoms with Gasteiger partial charge < -0.3 is 20.3 Å². The molecule has 11 nitrogen and oxygen atoms in total. The smallest absolute Gasteiger partial charge is 0.414 e. The quantitative estimate of drug-likeness (QED) is 0.424. The summed E-state index contributed by atoms with van der Waals surface area (Å²) in [4.78, 5) is 42.3. The third kappa shape index (κ3) is 6.61. The van der Waals surface area contributed by atoms with Gasteiger partial charge in [-0.15, -0.1) is 11.3 Å². The highest BCUT2D eigenvalue weighted by Gasteiger charge is 2.34. The first-order chi connectivity index (χ1) is 18.2. The number of hydrazine groups is 1. The van der Waals surface area contributed by atoms with Gasteiger partial charge in [-0.3, -0.25) is 14.7 Å². The molecule has 0 spiro atoms. The summed E-state index contributed by atoms with van der Waals surface area (Å²) < 4.78 is 59.9. The molecular formula is C22H25F4N7O4S. The van der Waals surface area contributed by atoms with Crippen LogP contribution in [0.1, 0.15) is 11.4 Å². The lowest BCUT2D eigenvalue weighted by atomic mass is 10.2. The van der Waals surface area contributed by atoms with Gasteiger partial charge in [-0.1, -0.05) is 0 Å². The second kappa shape index (κ2) is 12.3. The molecule has 0 saturated carbocycles. The second-order valence-electron chi connectivity index (χ2n) is 8.39. The number of anilines is 2. The van der Waals surface area contributed by atoms with E-state index in [9.17, 15) is 23.2 Å². The van der Waals surface area contributed by atoms with Gasteiger partial charge in [-0.05, 0) is 0 Å². The molecule has 1 aromatic heterocycles. The number of nitrogens with zero attached hydrogens (tertiary/aromatic N) is 4. The largest absolute Gasteiger partial charge is 0.444 e. The molecule has 4 amide bonds. The predicted molar refractivity (Wildman–Crippen MR) is 129 cm³/mol. The molecule has 2 aromatic rings. The molecule has 1 atom stereocenters. The Kier molecular flexibility index (Phi) is 8.83. The van der Waals surface area contributed by atoms with E-state index in [-0.39, 0.29) is 63.6 Å². The molecule has 16 heteroatoms. The van der Waals surface area contributed by atoms with E-state index < -0.39 is 42.2 Å². The topological polar surface area (TPSA) is 119 Å². The minimum absolute atomic E-state index is 0.0540. The number of hydrogen-bond acceptors (Lipinski definition) is 8. The highest BCUT2D eigenvalue weighted by atomic mass is 32.1. The van der Waals surface area contributed by atoms with Crippen LogP contribution in [0.3, 0.4) is 0 Å². The van der Waals surface area contributed by atoms with Crippen molar-refractivity contribution >= 4 is 40.7 Å². The normalized spacial score (nSPS) is 18.0. The summed E-state index contributed by atoms with van der Waals surface area (Å²) in [5.74, 6) is -3.24. The number of rotatable bonds is 8. The van der Waals surface area contributed by atoms with Crippen molar-refractivity contribution in [3.05, 3.63) is 40.4 Å². The van der Waals surface area contributed by atoms with Gasteiger partial charge in [-0.25, -0.2) is 28.8 Å². The van der Waals surface area contributed by atoms with E-state index >= 15 is 8.78 Å². The van der Waals surface area contributed by atoms with Gasteiger partial charge >= 0.3 is 18.5 Å². The minimum Gasteiger partial charge on any atom is -0.444 e. The van der Waals surface area contributed by atoms with Crippen LogP contribution in [-0.4, -0.2) is 79.8 Å². The number of carbonyl (C=O) groups excluding carboxylic acids is 3. The Balaban J connectivity index is 1.34. The number of aromatic nitrogens is 1. The van der Waals surface area contributed by atoms with Gasteiger partial charge in [0, 0.05) is 56.3 Å². The lowest BCUT2D eigenvalue weighted by molar-refractivity contribution is -0.131. The molecule has 2 fully saturated rings. The highest BCUT2D eigenvalue weighted by molar-refractivity contribution is 7.09. The molecule has 0 radical (unpaired) electrons. The number of amides is 4. The van der Waals surface area contributed by atoms with Crippen molar-refractivity contribution in [1.82, 2.24) is 26.1 Å². The molecule has 38 heavy (non-hydrogen) atoms. The fourth-order valence-corrected chi connectivity index (χ4v) is 4.60. The van der Waals surface area contributed by atoms with Crippen molar-refractivity contribution in [1.29, 1.82) is 0 Å². The molecule has 0 unspecified atom stereocenters. The SMILES string of the molecule is O=C(NCC[C@H]1CN(c2cc(F)c(N3CCNN(C(=O)NCc4nccs4)CC3)c(F)c2)C(=O)O1)C(F)F. The van der Waals surface area contributed by atoms with E-state index in [0.29, 0.717) is 0 Å². The number of halogens is 4. The lowest BCUT2D eigenvalue weighted by Crippen LogP contribution is -2.48. The van der Waals surface area contributed by atoms with Crippen LogP contribution in [0, 0.1) is 11.6 Å². The molecular weight excluding hydrogens is 534 g/mol. The number of carbonyl (C=O) groups is 3. The molecule has 3 N–H and O–H groups in total. The maximum Gasteiger partial charge on any atom is 0.414 e. The molecule has 2 aliphatic rings. The summed E-state index contributed by atoms with van der Waals surface area (Å²) in [6.07, 6.45) is -3.07. The predicted octanol–water partition coefficient (Wildman–Crippen LogP) is 2.05. The fraction of sp³-hybridized carbons (Fsp3) is 0.455. The van der Waals surface area contributed by atoms with Crippen molar-refractivity contribution in [2.24, 2.45) is 0 Å². The van der Waals surface area contributed by atoms with E-state index in [2.05, 4.69) is 15.7 Å². The maximum absolute atomic E-state index is 15.1. The Morgan fingerprint density at radius 3 is 2.63 bits per heavy atom. The molecule has 0 aliphatic carbocycles. The van der Waals surface area contributed by atoms with Crippen LogP contribution >= 0.6 is 11.3 Å². The van der Waals surface area contributed by atoms with Gasteiger partial charge in [0.05, 0.1) is 25.3 Å². The Bertz CT molecular complexity index is 1130. The van der Waals surface area contributed by atoms with E-state index in [4.69, 9.17) is 4.74 Å². The second-order valence-corrected chi connectivity index (χ2v) is 9.37. The maximum atomic E-state index is 15.1. The van der Waals surface area contributed by atoms with Crippen molar-refractivity contribution < 1.29 is 36.7 Å². The zero-order valence-corrected chi connectivity index (χ0v) is 20.8. The number of hydrogen-bond donors (Lipinski definition) is 3. The van der Waals surface area contributed by atoms with Gasteiger partial charge in [0.1, 0.15) is 16.8 Å². The number of nitrogens with one attached hydrogen (secondary N) is 3. The zero-order valence-electron chi connectivity index (χ0n) is 20.0.